The van der Waals surface area contributed by atoms with Gasteiger partial charge in [0.15, 0.2) is 5.78 Å². The highest BCUT2D eigenvalue weighted by atomic mass is 16.5. The van der Waals surface area contributed by atoms with E-state index in [0.29, 0.717) is 11.7 Å². The molecule has 6 nitrogen and oxygen atoms in total. The van der Waals surface area contributed by atoms with E-state index in [-0.39, 0.29) is 17.3 Å². The fourth-order valence-electron chi connectivity index (χ4n) is 5.77. The number of hydrogen-bond donors (Lipinski definition) is 2. The van der Waals surface area contributed by atoms with Crippen molar-refractivity contribution in [2.75, 3.05) is 32.0 Å². The van der Waals surface area contributed by atoms with Crippen LogP contribution in [0.15, 0.2) is 36.4 Å². The number of nitrogens with zero attached hydrogens (tertiary/aromatic N) is 1. The van der Waals surface area contributed by atoms with Crippen molar-refractivity contribution in [2.24, 2.45) is 0 Å². The summed E-state index contributed by atoms with van der Waals surface area (Å²) < 4.78 is 11.7. The van der Waals surface area contributed by atoms with Crippen LogP contribution in [0.5, 0.6) is 5.75 Å². The zero-order chi connectivity index (χ0) is 24.5. The zero-order valence-electron chi connectivity index (χ0n) is 20.9. The summed E-state index contributed by atoms with van der Waals surface area (Å²) >= 11 is 0. The second kappa shape index (κ2) is 7.97. The first-order valence-electron chi connectivity index (χ1n) is 12.6. The predicted octanol–water partition coefficient (Wildman–Crippen LogP) is 4.90. The van der Waals surface area contributed by atoms with Gasteiger partial charge in [0.25, 0.3) is 0 Å². The maximum Gasteiger partial charge on any atom is 0.195 e. The molecule has 0 amide bonds. The van der Waals surface area contributed by atoms with Crippen LogP contribution in [0.1, 0.15) is 66.9 Å². The largest absolute Gasteiger partial charge is 0.490 e. The number of H-pyrrole nitrogens is 1. The molecule has 2 aliphatic heterocycles. The van der Waals surface area contributed by atoms with E-state index in [2.05, 4.69) is 41.9 Å². The van der Waals surface area contributed by atoms with Crippen LogP contribution in [0.25, 0.3) is 16.5 Å². The van der Waals surface area contributed by atoms with Crippen molar-refractivity contribution >= 4 is 27.9 Å². The second-order valence-electron chi connectivity index (χ2n) is 10.9. The molecule has 1 saturated heterocycles. The van der Waals surface area contributed by atoms with Gasteiger partial charge < -0.3 is 20.2 Å². The Hall–Kier alpha value is -3.09. The van der Waals surface area contributed by atoms with Crippen LogP contribution in [0.3, 0.4) is 0 Å². The summed E-state index contributed by atoms with van der Waals surface area (Å²) in [6.07, 6.45) is 3.27. The van der Waals surface area contributed by atoms with Crippen molar-refractivity contribution in [2.45, 2.75) is 51.7 Å². The van der Waals surface area contributed by atoms with E-state index in [4.69, 9.17) is 15.2 Å². The van der Waals surface area contributed by atoms with E-state index in [1.165, 1.54) is 5.57 Å². The monoisotopic (exact) mass is 471 g/mol. The van der Waals surface area contributed by atoms with E-state index < -0.39 is 0 Å². The first-order valence-corrected chi connectivity index (χ1v) is 12.6. The molecule has 1 fully saturated rings. The molecule has 0 radical (unpaired) electrons. The maximum absolute atomic E-state index is 14.0. The van der Waals surface area contributed by atoms with E-state index in [1.807, 2.05) is 32.0 Å². The molecule has 0 bridgehead atoms. The Morgan fingerprint density at radius 1 is 1.17 bits per heavy atom. The van der Waals surface area contributed by atoms with Crippen molar-refractivity contribution < 1.29 is 14.3 Å². The summed E-state index contributed by atoms with van der Waals surface area (Å²) in [5, 5.41) is 0.928. The van der Waals surface area contributed by atoms with Crippen LogP contribution in [0.4, 0.5) is 5.69 Å². The van der Waals surface area contributed by atoms with Crippen LogP contribution in [0, 0.1) is 0 Å². The molecule has 1 aliphatic carbocycles. The number of ether oxygens (including phenoxy) is 2. The van der Waals surface area contributed by atoms with Crippen molar-refractivity contribution in [3.63, 3.8) is 0 Å². The first-order chi connectivity index (χ1) is 16.7. The second-order valence-corrected chi connectivity index (χ2v) is 10.9. The van der Waals surface area contributed by atoms with Crippen LogP contribution in [-0.2, 0) is 10.2 Å². The Morgan fingerprint density at radius 3 is 2.63 bits per heavy atom. The summed E-state index contributed by atoms with van der Waals surface area (Å²) in [4.78, 5) is 20.0. The number of nitrogen functional groups attached to an aromatic ring is 1. The molecule has 1 aromatic heterocycles. The predicted molar refractivity (Wildman–Crippen MR) is 139 cm³/mol. The van der Waals surface area contributed by atoms with Crippen LogP contribution in [0.2, 0.25) is 0 Å². The molecular weight excluding hydrogens is 438 g/mol. The smallest absolute Gasteiger partial charge is 0.195 e. The molecule has 0 saturated carbocycles. The van der Waals surface area contributed by atoms with Crippen molar-refractivity contribution in [1.82, 2.24) is 9.88 Å². The Morgan fingerprint density at radius 2 is 1.97 bits per heavy atom. The SMILES string of the molecule is CC(C)Oc1cc2c(cc1C1=CCN(C3COC3)CC1)C(=O)c1c([nH]c3cc(N)ccc13)C2(C)C. The molecule has 3 N–H and O–H groups in total. The molecule has 35 heavy (non-hydrogen) atoms. The number of rotatable bonds is 4. The summed E-state index contributed by atoms with van der Waals surface area (Å²) in [5.74, 6) is 0.919. The fourth-order valence-corrected chi connectivity index (χ4v) is 5.77. The van der Waals surface area contributed by atoms with Gasteiger partial charge in [-0.3, -0.25) is 9.69 Å². The van der Waals surface area contributed by atoms with Crippen LogP contribution in [-0.4, -0.2) is 54.1 Å². The van der Waals surface area contributed by atoms with E-state index in [1.54, 1.807) is 0 Å². The van der Waals surface area contributed by atoms with Gasteiger partial charge in [0.05, 0.1) is 30.9 Å². The van der Waals surface area contributed by atoms with Crippen molar-refractivity contribution in [1.29, 1.82) is 0 Å². The van der Waals surface area contributed by atoms with Gasteiger partial charge in [0.2, 0.25) is 0 Å². The Bertz CT molecular complexity index is 1380. The summed E-state index contributed by atoms with van der Waals surface area (Å²) in [7, 11) is 0. The molecule has 6 heteroatoms. The lowest BCUT2D eigenvalue weighted by Gasteiger charge is -2.39. The highest BCUT2D eigenvalue weighted by molar-refractivity contribution is 6.20. The summed E-state index contributed by atoms with van der Waals surface area (Å²) in [6, 6.07) is 10.5. The van der Waals surface area contributed by atoms with Gasteiger partial charge in [0, 0.05) is 51.9 Å². The molecular formula is C29H33N3O3. The number of anilines is 1. The van der Waals surface area contributed by atoms with Gasteiger partial charge in [-0.1, -0.05) is 26.0 Å². The highest BCUT2D eigenvalue weighted by Crippen LogP contribution is 2.47. The fraction of sp³-hybridized carbons (Fsp3) is 0.414. The number of aromatic nitrogens is 1. The molecule has 0 atom stereocenters. The van der Waals surface area contributed by atoms with Crippen molar-refractivity contribution in [3.8, 4) is 5.75 Å². The molecule has 2 aromatic carbocycles. The number of nitrogens with one attached hydrogen (secondary N) is 1. The van der Waals surface area contributed by atoms with Crippen LogP contribution < -0.4 is 10.5 Å². The average Bonchev–Trinajstić information content (AvgIpc) is 3.16. The first kappa shape index (κ1) is 22.4. The molecule has 3 heterocycles. The number of benzene rings is 2. The molecule has 3 aromatic rings. The van der Waals surface area contributed by atoms with Crippen LogP contribution >= 0.6 is 0 Å². The minimum absolute atomic E-state index is 0.0358. The maximum atomic E-state index is 14.0. The number of ketones is 1. The molecule has 182 valence electrons. The van der Waals surface area contributed by atoms with Crippen molar-refractivity contribution in [3.05, 3.63) is 64.4 Å². The Balaban J connectivity index is 1.48. The third kappa shape index (κ3) is 3.50. The van der Waals surface area contributed by atoms with Gasteiger partial charge in [-0.25, -0.2) is 0 Å². The van der Waals surface area contributed by atoms with Gasteiger partial charge in [-0.15, -0.1) is 0 Å². The van der Waals surface area contributed by atoms with Gasteiger partial charge in [-0.2, -0.15) is 0 Å². The normalized spacial score (nSPS) is 19.9. The number of nitrogens with two attached hydrogens (primary N) is 1. The number of hydrogen-bond acceptors (Lipinski definition) is 5. The Kier molecular flexibility index (Phi) is 5.09. The number of fused-ring (bicyclic) bond motifs is 4. The number of carbonyl (C=O) groups is 1. The van der Waals surface area contributed by atoms with Gasteiger partial charge in [0.1, 0.15) is 5.75 Å². The van der Waals surface area contributed by atoms with E-state index in [9.17, 15) is 4.79 Å². The minimum Gasteiger partial charge on any atom is -0.490 e. The lowest BCUT2D eigenvalue weighted by Crippen LogP contribution is -2.50. The average molecular weight is 472 g/mol. The molecule has 3 aliphatic rings. The minimum atomic E-state index is -0.387. The van der Waals surface area contributed by atoms with E-state index >= 15 is 0 Å². The third-order valence-electron chi connectivity index (χ3n) is 7.80. The Labute approximate surface area is 206 Å². The lowest BCUT2D eigenvalue weighted by atomic mass is 9.70. The van der Waals surface area contributed by atoms with E-state index in [0.717, 1.165) is 77.3 Å². The summed E-state index contributed by atoms with van der Waals surface area (Å²) in [6.45, 7) is 12.0. The third-order valence-corrected chi connectivity index (χ3v) is 7.80. The van der Waals surface area contributed by atoms with Gasteiger partial charge in [-0.05, 0) is 55.7 Å². The standard InChI is InChI=1S/C29H33N3O3/c1-16(2)35-25-13-23-22(12-21(25)17-7-9-32(10-8-17)19-14-34-15-19)27(33)26-20-6-5-18(30)11-24(20)31-28(26)29(23,3)4/h5-7,11-13,16,19,31H,8-10,14-15,30H2,1-4H3. The number of carbonyl (C=O) groups excluding carboxylic acids is 1. The molecule has 0 spiro atoms. The summed E-state index contributed by atoms with van der Waals surface area (Å²) in [5.41, 5.74) is 13.0. The molecule has 6 rings (SSSR count). The molecule has 0 unspecified atom stereocenters. The zero-order valence-corrected chi connectivity index (χ0v) is 20.9. The van der Waals surface area contributed by atoms with Gasteiger partial charge >= 0.3 is 0 Å². The number of aromatic amines is 1. The topological polar surface area (TPSA) is 80.6 Å². The quantitative estimate of drug-likeness (QED) is 0.529. The lowest BCUT2D eigenvalue weighted by molar-refractivity contribution is -0.0612. The highest BCUT2D eigenvalue weighted by Gasteiger charge is 2.41.